The summed E-state index contributed by atoms with van der Waals surface area (Å²) < 4.78 is 4.80. The number of ether oxygens (including phenoxy) is 1. The first-order valence-electron chi connectivity index (χ1n) is 8.68. The molecule has 0 unspecified atom stereocenters. The SMILES string of the molecule is CCNC(=O)[C@@H]1CCN(C(=O)Nc2cccc(NC(=O)COC)c2C)C1. The van der Waals surface area contributed by atoms with E-state index in [9.17, 15) is 14.4 Å². The summed E-state index contributed by atoms with van der Waals surface area (Å²) in [4.78, 5) is 37.7. The van der Waals surface area contributed by atoms with E-state index in [2.05, 4.69) is 16.0 Å². The Kier molecular flexibility index (Phi) is 6.97. The summed E-state index contributed by atoms with van der Waals surface area (Å²) in [6.45, 7) is 5.18. The van der Waals surface area contributed by atoms with E-state index in [-0.39, 0.29) is 30.4 Å². The molecule has 0 aromatic heterocycles. The molecule has 1 atom stereocenters. The van der Waals surface area contributed by atoms with Crippen LogP contribution in [0.5, 0.6) is 0 Å². The highest BCUT2D eigenvalue weighted by molar-refractivity contribution is 5.96. The van der Waals surface area contributed by atoms with Gasteiger partial charge in [-0.1, -0.05) is 6.07 Å². The lowest BCUT2D eigenvalue weighted by Gasteiger charge is -2.19. The van der Waals surface area contributed by atoms with E-state index in [0.29, 0.717) is 37.4 Å². The molecule has 142 valence electrons. The Balaban J connectivity index is 1.99. The van der Waals surface area contributed by atoms with Gasteiger partial charge in [0.15, 0.2) is 0 Å². The fourth-order valence-corrected chi connectivity index (χ4v) is 2.90. The van der Waals surface area contributed by atoms with Crippen LogP contribution in [0.2, 0.25) is 0 Å². The third kappa shape index (κ3) is 4.95. The Morgan fingerprint density at radius 2 is 1.92 bits per heavy atom. The molecule has 0 radical (unpaired) electrons. The monoisotopic (exact) mass is 362 g/mol. The van der Waals surface area contributed by atoms with Gasteiger partial charge in [-0.25, -0.2) is 4.79 Å². The third-order valence-electron chi connectivity index (χ3n) is 4.32. The number of rotatable bonds is 6. The fourth-order valence-electron chi connectivity index (χ4n) is 2.90. The van der Waals surface area contributed by atoms with Crippen LogP contribution in [0.4, 0.5) is 16.2 Å². The van der Waals surface area contributed by atoms with Crippen molar-refractivity contribution in [2.24, 2.45) is 5.92 Å². The second kappa shape index (κ2) is 9.19. The Morgan fingerprint density at radius 3 is 2.58 bits per heavy atom. The second-order valence-electron chi connectivity index (χ2n) is 6.22. The lowest BCUT2D eigenvalue weighted by atomic mass is 10.1. The summed E-state index contributed by atoms with van der Waals surface area (Å²) in [5, 5.41) is 8.40. The number of nitrogens with zero attached hydrogens (tertiary/aromatic N) is 1. The number of anilines is 2. The van der Waals surface area contributed by atoms with Gasteiger partial charge in [0.2, 0.25) is 11.8 Å². The van der Waals surface area contributed by atoms with Crippen LogP contribution in [-0.4, -0.2) is 56.1 Å². The number of carbonyl (C=O) groups is 3. The van der Waals surface area contributed by atoms with E-state index < -0.39 is 0 Å². The van der Waals surface area contributed by atoms with Gasteiger partial charge >= 0.3 is 6.03 Å². The molecule has 3 N–H and O–H groups in total. The van der Waals surface area contributed by atoms with Crippen LogP contribution in [0.25, 0.3) is 0 Å². The average molecular weight is 362 g/mol. The molecule has 4 amide bonds. The van der Waals surface area contributed by atoms with Crippen molar-refractivity contribution in [1.82, 2.24) is 10.2 Å². The first-order valence-corrected chi connectivity index (χ1v) is 8.68. The maximum atomic E-state index is 12.5. The van der Waals surface area contributed by atoms with Crippen LogP contribution in [-0.2, 0) is 14.3 Å². The summed E-state index contributed by atoms with van der Waals surface area (Å²) in [7, 11) is 1.45. The highest BCUT2D eigenvalue weighted by Gasteiger charge is 2.30. The van der Waals surface area contributed by atoms with Crippen LogP contribution in [0.1, 0.15) is 18.9 Å². The van der Waals surface area contributed by atoms with Crippen molar-refractivity contribution in [3.05, 3.63) is 23.8 Å². The molecular formula is C18H26N4O4. The molecule has 8 heteroatoms. The first-order chi connectivity index (χ1) is 12.5. The van der Waals surface area contributed by atoms with Crippen LogP contribution in [0.15, 0.2) is 18.2 Å². The lowest BCUT2D eigenvalue weighted by molar-refractivity contribution is -0.124. The van der Waals surface area contributed by atoms with Gasteiger partial charge in [-0.15, -0.1) is 0 Å². The van der Waals surface area contributed by atoms with E-state index in [1.165, 1.54) is 7.11 Å². The zero-order valence-electron chi connectivity index (χ0n) is 15.4. The van der Waals surface area contributed by atoms with Crippen molar-refractivity contribution in [2.45, 2.75) is 20.3 Å². The number of benzene rings is 1. The minimum atomic E-state index is -0.261. The molecule has 1 heterocycles. The Labute approximate surface area is 153 Å². The second-order valence-corrected chi connectivity index (χ2v) is 6.22. The number of urea groups is 1. The molecule has 1 aliphatic rings. The molecule has 0 saturated carbocycles. The van der Waals surface area contributed by atoms with Crippen LogP contribution < -0.4 is 16.0 Å². The number of likely N-dealkylation sites (tertiary alicyclic amines) is 1. The predicted molar refractivity (Wildman–Crippen MR) is 99.1 cm³/mol. The number of hydrogen-bond acceptors (Lipinski definition) is 4. The molecule has 1 fully saturated rings. The van der Waals surface area contributed by atoms with E-state index in [1.807, 2.05) is 13.8 Å². The summed E-state index contributed by atoms with van der Waals surface area (Å²) in [5.41, 5.74) is 1.99. The lowest BCUT2D eigenvalue weighted by Crippen LogP contribution is -2.36. The van der Waals surface area contributed by atoms with Crippen LogP contribution in [0.3, 0.4) is 0 Å². The molecule has 1 aliphatic heterocycles. The molecule has 1 saturated heterocycles. The Morgan fingerprint density at radius 1 is 1.23 bits per heavy atom. The van der Waals surface area contributed by atoms with Crippen molar-refractivity contribution in [2.75, 3.05) is 44.0 Å². The number of carbonyl (C=O) groups excluding carboxylic acids is 3. The van der Waals surface area contributed by atoms with Crippen LogP contribution >= 0.6 is 0 Å². The molecule has 0 aliphatic carbocycles. The van der Waals surface area contributed by atoms with Crippen molar-refractivity contribution in [3.63, 3.8) is 0 Å². The third-order valence-corrected chi connectivity index (χ3v) is 4.32. The number of methoxy groups -OCH3 is 1. The smallest absolute Gasteiger partial charge is 0.321 e. The summed E-state index contributed by atoms with van der Waals surface area (Å²) in [6.07, 6.45) is 0.658. The van der Waals surface area contributed by atoms with Gasteiger partial charge in [-0.3, -0.25) is 9.59 Å². The van der Waals surface area contributed by atoms with Crippen molar-refractivity contribution in [3.8, 4) is 0 Å². The highest BCUT2D eigenvalue weighted by atomic mass is 16.5. The molecule has 1 aromatic rings. The number of hydrogen-bond donors (Lipinski definition) is 3. The standard InChI is InChI=1S/C18H26N4O4/c1-4-19-17(24)13-8-9-22(10-13)18(25)21-15-7-5-6-14(12(15)2)20-16(23)11-26-3/h5-7,13H,4,8-11H2,1-3H3,(H,19,24)(H,20,23)(H,21,25)/t13-/m1/s1. The van der Waals surface area contributed by atoms with Gasteiger partial charge in [-0.2, -0.15) is 0 Å². The van der Waals surface area contributed by atoms with Crippen molar-refractivity contribution in [1.29, 1.82) is 0 Å². The number of nitrogens with one attached hydrogen (secondary N) is 3. The quantitative estimate of drug-likeness (QED) is 0.715. The molecule has 0 spiro atoms. The van der Waals surface area contributed by atoms with Gasteiger partial charge in [0.25, 0.3) is 0 Å². The highest BCUT2D eigenvalue weighted by Crippen LogP contribution is 2.25. The maximum Gasteiger partial charge on any atom is 0.321 e. The summed E-state index contributed by atoms with van der Waals surface area (Å²) in [6, 6.07) is 5.04. The molecule has 8 nitrogen and oxygen atoms in total. The Bertz CT molecular complexity index is 677. The first kappa shape index (κ1) is 19.7. The van der Waals surface area contributed by atoms with Crippen molar-refractivity contribution < 1.29 is 19.1 Å². The maximum absolute atomic E-state index is 12.5. The van der Waals surface area contributed by atoms with E-state index in [4.69, 9.17) is 4.74 Å². The zero-order valence-corrected chi connectivity index (χ0v) is 15.4. The molecule has 0 bridgehead atoms. The molecular weight excluding hydrogens is 336 g/mol. The molecule has 2 rings (SSSR count). The summed E-state index contributed by atoms with van der Waals surface area (Å²) in [5.74, 6) is -0.438. The van der Waals surface area contributed by atoms with E-state index in [0.717, 1.165) is 5.56 Å². The largest absolute Gasteiger partial charge is 0.375 e. The van der Waals surface area contributed by atoms with Crippen molar-refractivity contribution >= 4 is 29.2 Å². The predicted octanol–water partition coefficient (Wildman–Crippen LogP) is 1.57. The molecule has 1 aromatic carbocycles. The van der Waals surface area contributed by atoms with Gasteiger partial charge in [0.1, 0.15) is 6.61 Å². The van der Waals surface area contributed by atoms with Gasteiger partial charge in [0, 0.05) is 38.1 Å². The minimum absolute atomic E-state index is 0.0122. The Hall–Kier alpha value is -2.61. The van der Waals surface area contributed by atoms with Gasteiger partial charge in [-0.05, 0) is 38.0 Å². The average Bonchev–Trinajstić information content (AvgIpc) is 3.09. The molecule has 26 heavy (non-hydrogen) atoms. The zero-order chi connectivity index (χ0) is 19.1. The van der Waals surface area contributed by atoms with Crippen LogP contribution in [0, 0.1) is 12.8 Å². The summed E-state index contributed by atoms with van der Waals surface area (Å²) >= 11 is 0. The normalized spacial score (nSPS) is 16.3. The minimum Gasteiger partial charge on any atom is -0.375 e. The number of amides is 4. The van der Waals surface area contributed by atoms with E-state index >= 15 is 0 Å². The van der Waals surface area contributed by atoms with Gasteiger partial charge in [0.05, 0.1) is 5.92 Å². The topological polar surface area (TPSA) is 99.8 Å². The fraction of sp³-hybridized carbons (Fsp3) is 0.500. The van der Waals surface area contributed by atoms with Gasteiger partial charge < -0.3 is 25.6 Å². The van der Waals surface area contributed by atoms with E-state index in [1.54, 1.807) is 23.1 Å².